The molecule has 1 aromatic heterocycles. The second kappa shape index (κ2) is 6.12. The molecule has 0 spiro atoms. The van der Waals surface area contributed by atoms with Crippen molar-refractivity contribution >= 4 is 22.6 Å². The third-order valence-corrected chi connectivity index (χ3v) is 3.55. The zero-order valence-electron chi connectivity index (χ0n) is 11.8. The van der Waals surface area contributed by atoms with Crippen molar-refractivity contribution in [3.8, 4) is 11.5 Å². The Labute approximate surface area is 131 Å². The third kappa shape index (κ3) is 2.78. The van der Waals surface area contributed by atoms with Crippen LogP contribution >= 0.6 is 11.6 Å². The summed E-state index contributed by atoms with van der Waals surface area (Å²) in [5.74, 6) is 1.37. The molecule has 3 aromatic rings. The Bertz CT molecular complexity index is 870. The number of benzene rings is 2. The molecule has 0 aliphatic carbocycles. The van der Waals surface area contributed by atoms with Crippen LogP contribution < -0.4 is 14.9 Å². The monoisotopic (exact) mass is 316 g/mol. The van der Waals surface area contributed by atoms with Crippen LogP contribution in [0.1, 0.15) is 5.56 Å². The number of ether oxygens (including phenoxy) is 2. The Morgan fingerprint density at radius 1 is 1.18 bits per heavy atom. The molecule has 4 nitrogen and oxygen atoms in total. The zero-order valence-corrected chi connectivity index (χ0v) is 12.6. The highest BCUT2D eigenvalue weighted by atomic mass is 35.5. The smallest absolute Gasteiger partial charge is 0.211 e. The van der Waals surface area contributed by atoms with E-state index in [-0.39, 0.29) is 10.5 Å². The van der Waals surface area contributed by atoms with E-state index < -0.39 is 0 Å². The lowest BCUT2D eigenvalue weighted by Crippen LogP contribution is -2.02. The van der Waals surface area contributed by atoms with E-state index in [0.717, 1.165) is 11.3 Å². The van der Waals surface area contributed by atoms with Gasteiger partial charge in [0.15, 0.2) is 0 Å². The molecule has 0 radical (unpaired) electrons. The van der Waals surface area contributed by atoms with Crippen LogP contribution in [0.15, 0.2) is 57.9 Å². The van der Waals surface area contributed by atoms with Gasteiger partial charge in [-0.05, 0) is 18.2 Å². The van der Waals surface area contributed by atoms with Crippen molar-refractivity contribution in [3.63, 3.8) is 0 Å². The van der Waals surface area contributed by atoms with Crippen molar-refractivity contribution in [1.29, 1.82) is 0 Å². The van der Waals surface area contributed by atoms with Gasteiger partial charge in [-0.2, -0.15) is 0 Å². The fourth-order valence-corrected chi connectivity index (χ4v) is 2.30. The molecule has 0 aliphatic heterocycles. The van der Waals surface area contributed by atoms with E-state index in [0.29, 0.717) is 23.3 Å². The highest BCUT2D eigenvalue weighted by Gasteiger charge is 2.07. The fraction of sp³-hybridized carbons (Fsp3) is 0.118. The molecule has 0 saturated carbocycles. The number of methoxy groups -OCH3 is 1. The molecule has 0 saturated heterocycles. The molecule has 0 amide bonds. The first-order chi connectivity index (χ1) is 10.7. The molecule has 2 aromatic carbocycles. The van der Waals surface area contributed by atoms with Gasteiger partial charge in [-0.25, -0.2) is 0 Å². The van der Waals surface area contributed by atoms with Crippen LogP contribution in [0.3, 0.4) is 0 Å². The van der Waals surface area contributed by atoms with Crippen molar-refractivity contribution in [3.05, 3.63) is 69.5 Å². The van der Waals surface area contributed by atoms with Gasteiger partial charge in [0.05, 0.1) is 12.5 Å². The van der Waals surface area contributed by atoms with Gasteiger partial charge in [0.2, 0.25) is 5.43 Å². The minimum Gasteiger partial charge on any atom is -0.496 e. The number of para-hydroxylation sites is 1. The SMILES string of the molecule is COc1ccccc1COc1ccc2c(=O)c(Cl)coc2c1. The molecule has 0 aliphatic rings. The van der Waals surface area contributed by atoms with E-state index in [1.54, 1.807) is 25.3 Å². The molecule has 1 heterocycles. The molecule has 0 N–H and O–H groups in total. The van der Waals surface area contributed by atoms with Gasteiger partial charge in [0.25, 0.3) is 0 Å². The van der Waals surface area contributed by atoms with E-state index in [2.05, 4.69) is 0 Å². The summed E-state index contributed by atoms with van der Waals surface area (Å²) in [4.78, 5) is 11.9. The van der Waals surface area contributed by atoms with Gasteiger partial charge in [0.1, 0.15) is 35.0 Å². The lowest BCUT2D eigenvalue weighted by atomic mass is 10.2. The van der Waals surface area contributed by atoms with E-state index in [1.807, 2.05) is 24.3 Å². The van der Waals surface area contributed by atoms with Gasteiger partial charge in [-0.1, -0.05) is 29.8 Å². The number of halogens is 1. The van der Waals surface area contributed by atoms with Crippen LogP contribution in [-0.4, -0.2) is 7.11 Å². The van der Waals surface area contributed by atoms with Crippen LogP contribution in [-0.2, 0) is 6.61 Å². The molecule has 0 bridgehead atoms. The fourth-order valence-electron chi connectivity index (χ4n) is 2.16. The summed E-state index contributed by atoms with van der Waals surface area (Å²) >= 11 is 5.75. The normalized spacial score (nSPS) is 10.6. The van der Waals surface area contributed by atoms with Crippen LogP contribution in [0.2, 0.25) is 5.02 Å². The minimum absolute atomic E-state index is 0.0650. The number of fused-ring (bicyclic) bond motifs is 1. The summed E-state index contributed by atoms with van der Waals surface area (Å²) in [6, 6.07) is 12.7. The van der Waals surface area contributed by atoms with E-state index >= 15 is 0 Å². The van der Waals surface area contributed by atoms with E-state index in [4.69, 9.17) is 25.5 Å². The van der Waals surface area contributed by atoms with Crippen LogP contribution in [0.4, 0.5) is 0 Å². The van der Waals surface area contributed by atoms with Crippen LogP contribution in [0.5, 0.6) is 11.5 Å². The van der Waals surface area contributed by atoms with Crippen LogP contribution in [0.25, 0.3) is 11.0 Å². The summed E-state index contributed by atoms with van der Waals surface area (Å²) in [5, 5.41) is 0.493. The maximum Gasteiger partial charge on any atom is 0.211 e. The zero-order chi connectivity index (χ0) is 15.5. The maximum atomic E-state index is 11.9. The molecular formula is C17H13ClO4. The second-order valence-corrected chi connectivity index (χ2v) is 5.08. The standard InChI is InChI=1S/C17H13ClO4/c1-20-15-5-3-2-4-11(15)9-21-12-6-7-13-16(8-12)22-10-14(18)17(13)19/h2-8,10H,9H2,1H3. The van der Waals surface area contributed by atoms with Crippen molar-refractivity contribution in [2.75, 3.05) is 7.11 Å². The number of rotatable bonds is 4. The Morgan fingerprint density at radius 2 is 2.00 bits per heavy atom. The number of hydrogen-bond donors (Lipinski definition) is 0. The predicted molar refractivity (Wildman–Crippen MR) is 84.8 cm³/mol. The number of hydrogen-bond acceptors (Lipinski definition) is 4. The lowest BCUT2D eigenvalue weighted by Gasteiger charge is -2.10. The Morgan fingerprint density at radius 3 is 2.82 bits per heavy atom. The summed E-state index contributed by atoms with van der Waals surface area (Å²) in [6.45, 7) is 0.355. The van der Waals surface area contributed by atoms with Crippen molar-refractivity contribution < 1.29 is 13.9 Å². The largest absolute Gasteiger partial charge is 0.496 e. The molecule has 0 unspecified atom stereocenters. The summed E-state index contributed by atoms with van der Waals surface area (Å²) in [5.41, 5.74) is 1.12. The van der Waals surface area contributed by atoms with Crippen LogP contribution in [0, 0.1) is 0 Å². The molecule has 112 valence electrons. The molecular weight excluding hydrogens is 304 g/mol. The van der Waals surface area contributed by atoms with Gasteiger partial charge in [0, 0.05) is 11.6 Å². The first-order valence-corrected chi connectivity index (χ1v) is 7.02. The van der Waals surface area contributed by atoms with Crippen molar-refractivity contribution in [2.45, 2.75) is 6.61 Å². The maximum absolute atomic E-state index is 11.9. The molecule has 0 atom stereocenters. The quantitative estimate of drug-likeness (QED) is 0.729. The van der Waals surface area contributed by atoms with Gasteiger partial charge in [-0.3, -0.25) is 4.79 Å². The topological polar surface area (TPSA) is 48.7 Å². The third-order valence-electron chi connectivity index (χ3n) is 3.29. The van der Waals surface area contributed by atoms with Gasteiger partial charge in [-0.15, -0.1) is 0 Å². The Balaban J connectivity index is 1.86. The Hall–Kier alpha value is -2.46. The lowest BCUT2D eigenvalue weighted by molar-refractivity contribution is 0.296. The summed E-state index contributed by atoms with van der Waals surface area (Å²) in [7, 11) is 1.62. The average molecular weight is 317 g/mol. The van der Waals surface area contributed by atoms with E-state index in [9.17, 15) is 4.79 Å². The van der Waals surface area contributed by atoms with Crippen molar-refractivity contribution in [1.82, 2.24) is 0 Å². The summed E-state index contributed by atoms with van der Waals surface area (Å²) < 4.78 is 16.3. The average Bonchev–Trinajstić information content (AvgIpc) is 2.56. The minimum atomic E-state index is -0.251. The first kappa shape index (κ1) is 14.5. The Kier molecular flexibility index (Phi) is 4.02. The summed E-state index contributed by atoms with van der Waals surface area (Å²) in [6.07, 6.45) is 1.23. The highest BCUT2D eigenvalue weighted by molar-refractivity contribution is 6.30. The van der Waals surface area contributed by atoms with Gasteiger partial charge < -0.3 is 13.9 Å². The molecule has 0 fully saturated rings. The van der Waals surface area contributed by atoms with Crippen molar-refractivity contribution in [2.24, 2.45) is 0 Å². The molecule has 3 rings (SSSR count). The highest BCUT2D eigenvalue weighted by Crippen LogP contribution is 2.23. The second-order valence-electron chi connectivity index (χ2n) is 4.67. The van der Waals surface area contributed by atoms with Gasteiger partial charge >= 0.3 is 0 Å². The molecule has 5 heteroatoms. The molecule has 22 heavy (non-hydrogen) atoms. The first-order valence-electron chi connectivity index (χ1n) is 6.65. The predicted octanol–water partition coefficient (Wildman–Crippen LogP) is 4.03. The van der Waals surface area contributed by atoms with E-state index in [1.165, 1.54) is 6.26 Å².